The van der Waals surface area contributed by atoms with Gasteiger partial charge in [-0.2, -0.15) is 0 Å². The fourth-order valence-corrected chi connectivity index (χ4v) is 4.09. The molecule has 158 valence electrons. The first-order valence-corrected chi connectivity index (χ1v) is 10.7. The van der Waals surface area contributed by atoms with Gasteiger partial charge in [0.2, 0.25) is 0 Å². The molecule has 1 N–H and O–H groups in total. The first kappa shape index (κ1) is 19.7. The highest BCUT2D eigenvalue weighted by Crippen LogP contribution is 2.28. The standard InChI is InChI=1S/C24H22ClN3O3/c25-17-7-9-18(10-8-17)30-15-19-11-12-22(31-19)24(29)28-13-3-4-16(14-28)23-26-20-5-1-2-6-21(20)27-23/h1-2,5-12,16H,3-4,13-15H2,(H,26,27). The summed E-state index contributed by atoms with van der Waals surface area (Å²) in [5.41, 5.74) is 1.98. The zero-order valence-electron chi connectivity index (χ0n) is 16.9. The highest BCUT2D eigenvalue weighted by Gasteiger charge is 2.28. The molecule has 4 aromatic rings. The molecule has 1 aliphatic rings. The van der Waals surface area contributed by atoms with Crippen molar-refractivity contribution in [1.82, 2.24) is 14.9 Å². The van der Waals surface area contributed by atoms with Crippen LogP contribution in [0.4, 0.5) is 0 Å². The summed E-state index contributed by atoms with van der Waals surface area (Å²) >= 11 is 5.89. The smallest absolute Gasteiger partial charge is 0.289 e. The summed E-state index contributed by atoms with van der Waals surface area (Å²) in [4.78, 5) is 23.0. The molecule has 0 radical (unpaired) electrons. The van der Waals surface area contributed by atoms with Crippen molar-refractivity contribution in [2.75, 3.05) is 13.1 Å². The summed E-state index contributed by atoms with van der Waals surface area (Å²) in [5.74, 6) is 2.66. The third-order valence-electron chi connectivity index (χ3n) is 5.57. The van der Waals surface area contributed by atoms with Gasteiger partial charge in [0.15, 0.2) is 5.76 Å². The van der Waals surface area contributed by atoms with Crippen LogP contribution in [0.5, 0.6) is 5.75 Å². The number of piperidine rings is 1. The van der Waals surface area contributed by atoms with Gasteiger partial charge in [-0.15, -0.1) is 0 Å². The number of furan rings is 1. The number of amides is 1. The number of ether oxygens (including phenoxy) is 1. The summed E-state index contributed by atoms with van der Waals surface area (Å²) in [7, 11) is 0. The normalized spacial score (nSPS) is 16.5. The summed E-state index contributed by atoms with van der Waals surface area (Å²) in [6.07, 6.45) is 1.93. The van der Waals surface area contributed by atoms with E-state index in [9.17, 15) is 4.79 Å². The summed E-state index contributed by atoms with van der Waals surface area (Å²) in [6.45, 7) is 1.58. The van der Waals surface area contributed by atoms with Crippen LogP contribution >= 0.6 is 11.6 Å². The number of benzene rings is 2. The largest absolute Gasteiger partial charge is 0.486 e. The molecule has 7 heteroatoms. The van der Waals surface area contributed by atoms with Gasteiger partial charge in [0, 0.05) is 24.0 Å². The van der Waals surface area contributed by atoms with Crippen LogP contribution in [0.3, 0.4) is 0 Å². The van der Waals surface area contributed by atoms with Gasteiger partial charge in [-0.1, -0.05) is 23.7 Å². The number of imidazole rings is 1. The van der Waals surface area contributed by atoms with E-state index in [0.29, 0.717) is 35.4 Å². The molecule has 3 heterocycles. The van der Waals surface area contributed by atoms with E-state index in [1.807, 2.05) is 29.2 Å². The average molecular weight is 436 g/mol. The number of carbonyl (C=O) groups excluding carboxylic acids is 1. The molecule has 1 fully saturated rings. The lowest BCUT2D eigenvalue weighted by Crippen LogP contribution is -2.39. The predicted molar refractivity (Wildman–Crippen MR) is 118 cm³/mol. The number of aromatic nitrogens is 2. The number of rotatable bonds is 5. The number of carbonyl (C=O) groups is 1. The second-order valence-electron chi connectivity index (χ2n) is 7.74. The summed E-state index contributed by atoms with van der Waals surface area (Å²) in [5, 5.41) is 0.653. The molecule has 5 rings (SSSR count). The molecule has 0 aliphatic carbocycles. The molecule has 0 saturated carbocycles. The first-order valence-electron chi connectivity index (χ1n) is 10.4. The Hall–Kier alpha value is -3.25. The van der Waals surface area contributed by atoms with Crippen molar-refractivity contribution in [2.24, 2.45) is 0 Å². The number of hydrogen-bond acceptors (Lipinski definition) is 4. The number of hydrogen-bond donors (Lipinski definition) is 1. The predicted octanol–water partition coefficient (Wildman–Crippen LogP) is 5.41. The molecule has 31 heavy (non-hydrogen) atoms. The number of fused-ring (bicyclic) bond motifs is 1. The second kappa shape index (κ2) is 8.47. The lowest BCUT2D eigenvalue weighted by atomic mass is 9.97. The number of halogens is 1. The van der Waals surface area contributed by atoms with Crippen LogP contribution < -0.4 is 4.74 Å². The van der Waals surface area contributed by atoms with Crippen molar-refractivity contribution >= 4 is 28.5 Å². The van der Waals surface area contributed by atoms with Gasteiger partial charge in [-0.05, 0) is 61.4 Å². The fourth-order valence-electron chi connectivity index (χ4n) is 3.96. The van der Waals surface area contributed by atoms with Gasteiger partial charge < -0.3 is 19.0 Å². The Morgan fingerprint density at radius 2 is 2.00 bits per heavy atom. The van der Waals surface area contributed by atoms with E-state index in [1.165, 1.54) is 0 Å². The Morgan fingerprint density at radius 3 is 2.84 bits per heavy atom. The van der Waals surface area contributed by atoms with Gasteiger partial charge in [0.25, 0.3) is 5.91 Å². The number of H-pyrrole nitrogens is 1. The quantitative estimate of drug-likeness (QED) is 0.455. The molecule has 2 aromatic heterocycles. The van der Waals surface area contributed by atoms with E-state index in [4.69, 9.17) is 25.7 Å². The van der Waals surface area contributed by atoms with Crippen LogP contribution in [-0.2, 0) is 6.61 Å². The molecule has 2 aromatic carbocycles. The van der Waals surface area contributed by atoms with Gasteiger partial charge in [0.05, 0.1) is 11.0 Å². The Kier molecular flexibility index (Phi) is 5.38. The highest BCUT2D eigenvalue weighted by molar-refractivity contribution is 6.30. The third-order valence-corrected chi connectivity index (χ3v) is 5.82. The molecular weight excluding hydrogens is 414 g/mol. The van der Waals surface area contributed by atoms with E-state index < -0.39 is 0 Å². The molecule has 0 spiro atoms. The molecule has 0 bridgehead atoms. The molecular formula is C24H22ClN3O3. The number of para-hydroxylation sites is 2. The van der Waals surface area contributed by atoms with Gasteiger partial charge in [0.1, 0.15) is 23.9 Å². The molecule has 6 nitrogen and oxygen atoms in total. The van der Waals surface area contributed by atoms with E-state index >= 15 is 0 Å². The monoisotopic (exact) mass is 435 g/mol. The zero-order chi connectivity index (χ0) is 21.2. The second-order valence-corrected chi connectivity index (χ2v) is 8.17. The van der Waals surface area contributed by atoms with Crippen LogP contribution in [0.15, 0.2) is 65.1 Å². The minimum Gasteiger partial charge on any atom is -0.486 e. The maximum absolute atomic E-state index is 13.0. The minimum absolute atomic E-state index is 0.0986. The lowest BCUT2D eigenvalue weighted by molar-refractivity contribution is 0.0668. The number of nitrogens with zero attached hydrogens (tertiary/aromatic N) is 2. The fraction of sp³-hybridized carbons (Fsp3) is 0.250. The van der Waals surface area contributed by atoms with Crippen molar-refractivity contribution in [3.05, 3.63) is 83.0 Å². The number of nitrogens with one attached hydrogen (secondary N) is 1. The maximum atomic E-state index is 13.0. The van der Waals surface area contributed by atoms with Crippen LogP contribution in [0.25, 0.3) is 11.0 Å². The van der Waals surface area contributed by atoms with Gasteiger partial charge in [-0.3, -0.25) is 4.79 Å². The van der Waals surface area contributed by atoms with E-state index in [0.717, 1.165) is 29.7 Å². The average Bonchev–Trinajstić information content (AvgIpc) is 3.45. The van der Waals surface area contributed by atoms with E-state index in [2.05, 4.69) is 4.98 Å². The Balaban J connectivity index is 1.24. The highest BCUT2D eigenvalue weighted by atomic mass is 35.5. The Morgan fingerprint density at radius 1 is 1.16 bits per heavy atom. The Bertz CT molecular complexity index is 1170. The SMILES string of the molecule is O=C(c1ccc(COc2ccc(Cl)cc2)o1)N1CCCC(c2nc3ccccc3[nH]2)C1. The topological polar surface area (TPSA) is 71.4 Å². The Labute approximate surface area is 184 Å². The van der Waals surface area contributed by atoms with Crippen molar-refractivity contribution in [1.29, 1.82) is 0 Å². The van der Waals surface area contributed by atoms with Gasteiger partial charge >= 0.3 is 0 Å². The summed E-state index contributed by atoms with van der Waals surface area (Å²) in [6, 6.07) is 18.6. The molecule has 1 aliphatic heterocycles. The maximum Gasteiger partial charge on any atom is 0.289 e. The zero-order valence-corrected chi connectivity index (χ0v) is 17.6. The lowest BCUT2D eigenvalue weighted by Gasteiger charge is -2.31. The number of likely N-dealkylation sites (tertiary alicyclic amines) is 1. The van der Waals surface area contributed by atoms with Crippen LogP contribution in [-0.4, -0.2) is 33.9 Å². The molecule has 1 amide bonds. The van der Waals surface area contributed by atoms with Crippen molar-refractivity contribution in [3.8, 4) is 5.75 Å². The minimum atomic E-state index is -0.0986. The third kappa shape index (κ3) is 4.30. The van der Waals surface area contributed by atoms with E-state index in [1.54, 1.807) is 36.4 Å². The van der Waals surface area contributed by atoms with Crippen LogP contribution in [0, 0.1) is 0 Å². The number of aromatic amines is 1. The van der Waals surface area contributed by atoms with E-state index in [-0.39, 0.29) is 18.4 Å². The van der Waals surface area contributed by atoms with Crippen molar-refractivity contribution in [3.63, 3.8) is 0 Å². The first-order chi connectivity index (χ1) is 15.2. The molecule has 1 atom stereocenters. The molecule has 1 saturated heterocycles. The van der Waals surface area contributed by atoms with Crippen molar-refractivity contribution < 1.29 is 13.9 Å². The summed E-state index contributed by atoms with van der Waals surface area (Å²) < 4.78 is 11.5. The van der Waals surface area contributed by atoms with Gasteiger partial charge in [-0.25, -0.2) is 4.98 Å². The molecule has 1 unspecified atom stereocenters. The van der Waals surface area contributed by atoms with Crippen LogP contribution in [0.2, 0.25) is 5.02 Å². The van der Waals surface area contributed by atoms with Crippen molar-refractivity contribution in [2.45, 2.75) is 25.4 Å². The van der Waals surface area contributed by atoms with Crippen LogP contribution in [0.1, 0.15) is 40.9 Å².